The Bertz CT molecular complexity index is 1190. The molecule has 0 unspecified atom stereocenters. The number of fused-ring (bicyclic) bond motifs is 1. The molecule has 4 rings (SSSR count). The maximum atomic E-state index is 13.0. The van der Waals surface area contributed by atoms with Crippen molar-refractivity contribution in [3.63, 3.8) is 0 Å². The highest BCUT2D eigenvalue weighted by Crippen LogP contribution is 2.32. The third-order valence-corrected chi connectivity index (χ3v) is 5.10. The molecule has 0 saturated carbocycles. The maximum Gasteiger partial charge on any atom is 0.260 e. The van der Waals surface area contributed by atoms with E-state index in [0.717, 1.165) is 5.56 Å². The van der Waals surface area contributed by atoms with Gasteiger partial charge in [-0.2, -0.15) is 0 Å². The van der Waals surface area contributed by atoms with E-state index >= 15 is 0 Å². The summed E-state index contributed by atoms with van der Waals surface area (Å²) < 4.78 is 17.1. The molecule has 0 radical (unpaired) electrons. The fourth-order valence-corrected chi connectivity index (χ4v) is 3.47. The van der Waals surface area contributed by atoms with Crippen LogP contribution in [0.2, 0.25) is 0 Å². The van der Waals surface area contributed by atoms with E-state index in [1.165, 1.54) is 17.7 Å². The molecule has 0 spiro atoms. The second-order valence-corrected chi connectivity index (χ2v) is 6.93. The van der Waals surface area contributed by atoms with Gasteiger partial charge >= 0.3 is 0 Å². The predicted octanol–water partition coefficient (Wildman–Crippen LogP) is 2.13. The van der Waals surface area contributed by atoms with Crippen molar-refractivity contribution in [1.29, 1.82) is 0 Å². The van der Waals surface area contributed by atoms with Gasteiger partial charge in [0.2, 0.25) is 0 Å². The fraction of sp³-hybridized carbons (Fsp3) is 0.273. The summed E-state index contributed by atoms with van der Waals surface area (Å²) in [7, 11) is 4.64. The van der Waals surface area contributed by atoms with Crippen LogP contribution in [0, 0.1) is 0 Å². The lowest BCUT2D eigenvalue weighted by molar-refractivity contribution is 0.0996. The van der Waals surface area contributed by atoms with Gasteiger partial charge in [-0.1, -0.05) is 0 Å². The van der Waals surface area contributed by atoms with Crippen molar-refractivity contribution < 1.29 is 19.0 Å². The zero-order chi connectivity index (χ0) is 22.0. The van der Waals surface area contributed by atoms with Gasteiger partial charge in [0.1, 0.15) is 0 Å². The van der Waals surface area contributed by atoms with Crippen LogP contribution >= 0.6 is 0 Å². The van der Waals surface area contributed by atoms with Crippen molar-refractivity contribution in [3.05, 3.63) is 64.3 Å². The van der Waals surface area contributed by atoms with E-state index in [9.17, 15) is 9.59 Å². The Balaban J connectivity index is 1.64. The van der Waals surface area contributed by atoms with E-state index in [1.54, 1.807) is 55.8 Å². The number of ether oxygens (including phenoxy) is 3. The van der Waals surface area contributed by atoms with Crippen molar-refractivity contribution in [2.45, 2.75) is 13.1 Å². The second kappa shape index (κ2) is 8.57. The molecule has 4 heterocycles. The van der Waals surface area contributed by atoms with Gasteiger partial charge in [-0.25, -0.2) is 4.98 Å². The van der Waals surface area contributed by atoms with Crippen molar-refractivity contribution in [1.82, 2.24) is 14.5 Å². The van der Waals surface area contributed by atoms with Crippen LogP contribution in [-0.4, -0.2) is 48.4 Å². The van der Waals surface area contributed by atoms with Crippen LogP contribution in [0.4, 0.5) is 5.69 Å². The normalized spacial score (nSPS) is 12.7. The molecule has 31 heavy (non-hydrogen) atoms. The number of carbonyl (C=O) groups excluding carboxylic acids is 1. The van der Waals surface area contributed by atoms with Gasteiger partial charge in [0.15, 0.2) is 5.75 Å². The molecule has 0 fully saturated rings. The Labute approximate surface area is 178 Å². The van der Waals surface area contributed by atoms with Crippen LogP contribution in [0.3, 0.4) is 0 Å². The number of aromatic nitrogens is 3. The molecule has 160 valence electrons. The number of nitrogens with zero attached hydrogens (tertiary/aromatic N) is 4. The van der Waals surface area contributed by atoms with E-state index in [2.05, 4.69) is 9.97 Å². The monoisotopic (exact) mass is 422 g/mol. The number of carbonyl (C=O) groups is 1. The van der Waals surface area contributed by atoms with Gasteiger partial charge in [-0.3, -0.25) is 14.6 Å². The Morgan fingerprint density at radius 3 is 2.65 bits per heavy atom. The van der Waals surface area contributed by atoms with Crippen LogP contribution in [0.5, 0.6) is 11.6 Å². The van der Waals surface area contributed by atoms with Crippen molar-refractivity contribution >= 4 is 11.6 Å². The van der Waals surface area contributed by atoms with Gasteiger partial charge in [-0.05, 0) is 24.3 Å². The summed E-state index contributed by atoms with van der Waals surface area (Å²) >= 11 is 0. The highest BCUT2D eigenvalue weighted by atomic mass is 16.5. The molecule has 3 aromatic heterocycles. The van der Waals surface area contributed by atoms with Crippen LogP contribution in [0.25, 0.3) is 11.3 Å². The van der Waals surface area contributed by atoms with Crippen LogP contribution in [0.1, 0.15) is 16.1 Å². The van der Waals surface area contributed by atoms with Gasteiger partial charge in [0.05, 0.1) is 50.0 Å². The molecule has 1 aliphatic heterocycles. The predicted molar refractivity (Wildman–Crippen MR) is 114 cm³/mol. The van der Waals surface area contributed by atoms with E-state index < -0.39 is 0 Å². The number of hydrogen-bond donors (Lipinski definition) is 0. The van der Waals surface area contributed by atoms with E-state index in [1.807, 2.05) is 0 Å². The standard InChI is InChI=1S/C22H22N4O5/c1-29-9-8-25-12-15(4-7-20(25)27)26-13-18-16(22(26)28)5-6-17(24-18)14-10-19(30-2)21(31-3)23-11-14/h4-7,10-12H,8-9,13H2,1-3H3. The van der Waals surface area contributed by atoms with Crippen LogP contribution < -0.4 is 19.9 Å². The van der Waals surface area contributed by atoms with Crippen molar-refractivity contribution in [2.24, 2.45) is 0 Å². The van der Waals surface area contributed by atoms with E-state index in [0.29, 0.717) is 54.0 Å². The molecule has 9 nitrogen and oxygen atoms in total. The number of rotatable bonds is 7. The lowest BCUT2D eigenvalue weighted by Crippen LogP contribution is -2.27. The van der Waals surface area contributed by atoms with Gasteiger partial charge in [0, 0.05) is 37.7 Å². The highest BCUT2D eigenvalue weighted by Gasteiger charge is 2.30. The minimum Gasteiger partial charge on any atom is -0.491 e. The average molecular weight is 422 g/mol. The number of methoxy groups -OCH3 is 3. The first-order valence-corrected chi connectivity index (χ1v) is 9.65. The summed E-state index contributed by atoms with van der Waals surface area (Å²) in [5.41, 5.74) is 3.10. The number of pyridine rings is 3. The van der Waals surface area contributed by atoms with Gasteiger partial charge in [0.25, 0.3) is 17.3 Å². The lowest BCUT2D eigenvalue weighted by Gasteiger charge is -2.17. The van der Waals surface area contributed by atoms with Crippen molar-refractivity contribution in [2.75, 3.05) is 32.8 Å². The second-order valence-electron chi connectivity index (χ2n) is 6.93. The molecule has 0 bridgehead atoms. The number of hydrogen-bond acceptors (Lipinski definition) is 7. The summed E-state index contributed by atoms with van der Waals surface area (Å²) in [4.78, 5) is 35.6. The molecule has 3 aromatic rings. The third kappa shape index (κ3) is 3.87. The molecule has 0 saturated heterocycles. The van der Waals surface area contributed by atoms with Crippen LogP contribution in [0.15, 0.2) is 47.5 Å². The summed E-state index contributed by atoms with van der Waals surface area (Å²) in [6.45, 7) is 1.12. The lowest BCUT2D eigenvalue weighted by atomic mass is 10.1. The topological polar surface area (TPSA) is 95.8 Å². The largest absolute Gasteiger partial charge is 0.491 e. The van der Waals surface area contributed by atoms with Crippen molar-refractivity contribution in [3.8, 4) is 22.9 Å². The molecule has 1 aliphatic rings. The zero-order valence-electron chi connectivity index (χ0n) is 17.5. The van der Waals surface area contributed by atoms with E-state index in [4.69, 9.17) is 14.2 Å². The highest BCUT2D eigenvalue weighted by molar-refractivity contribution is 6.09. The van der Waals surface area contributed by atoms with Gasteiger partial charge < -0.3 is 23.7 Å². The molecule has 1 amide bonds. The molecule has 0 aromatic carbocycles. The average Bonchev–Trinajstić information content (AvgIpc) is 3.13. The minimum atomic E-state index is -0.156. The van der Waals surface area contributed by atoms with E-state index in [-0.39, 0.29) is 11.5 Å². The molecule has 0 atom stereocenters. The van der Waals surface area contributed by atoms with Crippen LogP contribution in [-0.2, 0) is 17.8 Å². The molecule has 9 heteroatoms. The minimum absolute atomic E-state index is 0.147. The summed E-state index contributed by atoms with van der Waals surface area (Å²) in [6.07, 6.45) is 3.32. The first kappa shape index (κ1) is 20.5. The van der Waals surface area contributed by atoms with Gasteiger partial charge in [-0.15, -0.1) is 0 Å². The number of amides is 1. The Kier molecular flexibility index (Phi) is 5.68. The Morgan fingerprint density at radius 2 is 1.90 bits per heavy atom. The molecular formula is C22H22N4O5. The maximum absolute atomic E-state index is 13.0. The zero-order valence-corrected chi connectivity index (χ0v) is 17.5. The molecule has 0 N–H and O–H groups in total. The first-order chi connectivity index (χ1) is 15.0. The quantitative estimate of drug-likeness (QED) is 0.576. The summed E-state index contributed by atoms with van der Waals surface area (Å²) in [5, 5.41) is 0. The Morgan fingerprint density at radius 1 is 1.06 bits per heavy atom. The molecular weight excluding hydrogens is 400 g/mol. The SMILES string of the molecule is COCCn1cc(N2Cc3nc(-c4cnc(OC)c(OC)c4)ccc3C2=O)ccc1=O. The first-order valence-electron chi connectivity index (χ1n) is 9.65. The Hall–Kier alpha value is -3.72. The third-order valence-electron chi connectivity index (χ3n) is 5.10. The summed E-state index contributed by atoms with van der Waals surface area (Å²) in [6, 6.07) is 8.44. The smallest absolute Gasteiger partial charge is 0.260 e. The fourth-order valence-electron chi connectivity index (χ4n) is 3.47. The summed E-state index contributed by atoms with van der Waals surface area (Å²) in [5.74, 6) is 0.729. The number of anilines is 1. The molecule has 0 aliphatic carbocycles.